The first-order chi connectivity index (χ1) is 6.70. The number of carbonyl (C=O) groups excluding carboxylic acids is 1. The molecule has 0 fully saturated rings. The number of allylic oxidation sites excluding steroid dienone is 1. The van der Waals surface area contributed by atoms with Gasteiger partial charge in [0.05, 0.1) is 6.42 Å². The van der Waals surface area contributed by atoms with E-state index in [0.717, 1.165) is 6.42 Å². The predicted octanol–water partition coefficient (Wildman–Crippen LogP) is 2.76. The summed E-state index contributed by atoms with van der Waals surface area (Å²) in [7, 11) is 1.62. The number of ether oxygens (including phenoxy) is 2. The van der Waals surface area contributed by atoms with Gasteiger partial charge in [0, 0.05) is 39.8 Å². The molecule has 0 bridgehead atoms. The number of hydrogen-bond acceptors (Lipinski definition) is 3. The van der Waals surface area contributed by atoms with Crippen molar-refractivity contribution in [3.05, 3.63) is 18.6 Å². The molecule has 0 aromatic rings. The van der Waals surface area contributed by atoms with Gasteiger partial charge in [-0.15, -0.1) is 0 Å². The summed E-state index contributed by atoms with van der Waals surface area (Å²) in [6.07, 6.45) is 6.89. The second-order valence-electron chi connectivity index (χ2n) is 2.94. The van der Waals surface area contributed by atoms with Crippen LogP contribution in [0, 0.1) is 6.42 Å². The van der Waals surface area contributed by atoms with Gasteiger partial charge in [0.25, 0.3) is 0 Å². The van der Waals surface area contributed by atoms with Crippen LogP contribution in [0.15, 0.2) is 12.2 Å². The Labute approximate surface area is 125 Å². The summed E-state index contributed by atoms with van der Waals surface area (Å²) in [6.45, 7) is 4.23. The van der Waals surface area contributed by atoms with Crippen molar-refractivity contribution >= 4 is 5.97 Å². The largest absolute Gasteiger partial charge is 0.498 e. The van der Waals surface area contributed by atoms with Crippen molar-refractivity contribution in [1.82, 2.24) is 0 Å². The molecule has 1 unspecified atom stereocenters. The van der Waals surface area contributed by atoms with Gasteiger partial charge in [0.15, 0.2) is 0 Å². The van der Waals surface area contributed by atoms with E-state index in [2.05, 4.69) is 0 Å². The van der Waals surface area contributed by atoms with Crippen molar-refractivity contribution in [1.29, 1.82) is 0 Å². The minimum Gasteiger partial charge on any atom is -0.498 e. The van der Waals surface area contributed by atoms with Crippen molar-refractivity contribution in [2.45, 2.75) is 40.2 Å². The zero-order valence-corrected chi connectivity index (χ0v) is 12.6. The first-order valence-electron chi connectivity index (χ1n) is 4.87. The first-order valence-corrected chi connectivity index (χ1v) is 4.87. The van der Waals surface area contributed by atoms with Gasteiger partial charge < -0.3 is 9.47 Å². The fourth-order valence-electron chi connectivity index (χ4n) is 0.778. The molecule has 1 atom stereocenters. The van der Waals surface area contributed by atoms with Crippen LogP contribution in [-0.2, 0) is 47.0 Å². The van der Waals surface area contributed by atoms with E-state index < -0.39 is 0 Å². The van der Waals surface area contributed by atoms with E-state index in [1.807, 2.05) is 26.0 Å². The monoisotopic (exact) mass is 304 g/mol. The molecule has 4 heteroatoms. The molecule has 16 heavy (non-hydrogen) atoms. The maximum absolute atomic E-state index is 11.1. The van der Waals surface area contributed by atoms with Gasteiger partial charge in [-0.1, -0.05) is 39.5 Å². The van der Waals surface area contributed by atoms with Gasteiger partial charge in [-0.2, -0.15) is 0 Å². The summed E-state index contributed by atoms with van der Waals surface area (Å²) in [4.78, 5) is 11.1. The zero-order chi connectivity index (χ0) is 10.8. The summed E-state index contributed by atoms with van der Waals surface area (Å²) >= 11 is 0. The fraction of sp³-hybridized carbons (Fsp3) is 0.667. The van der Waals surface area contributed by atoms with E-state index in [1.54, 1.807) is 13.5 Å². The maximum atomic E-state index is 11.1. The van der Waals surface area contributed by atoms with E-state index in [0.29, 0.717) is 13.0 Å². The Morgan fingerprint density at radius 2 is 2.06 bits per heavy atom. The summed E-state index contributed by atoms with van der Waals surface area (Å²) < 4.78 is 9.91. The molecule has 0 aromatic carbocycles. The predicted molar refractivity (Wildman–Crippen MR) is 62.5 cm³/mol. The third-order valence-corrected chi connectivity index (χ3v) is 1.73. The van der Waals surface area contributed by atoms with Gasteiger partial charge in [0.2, 0.25) is 0 Å². The Bertz CT molecular complexity index is 181. The van der Waals surface area contributed by atoms with Crippen LogP contribution in [0.2, 0.25) is 0 Å². The Hall–Kier alpha value is 0.274. The Morgan fingerprint density at radius 3 is 2.56 bits per heavy atom. The molecule has 93 valence electrons. The van der Waals surface area contributed by atoms with Crippen LogP contribution in [0.1, 0.15) is 34.1 Å². The first kappa shape index (κ1) is 21.5. The van der Waals surface area contributed by atoms with E-state index in [-0.39, 0.29) is 52.2 Å². The normalized spacial score (nSPS) is 11.4. The van der Waals surface area contributed by atoms with Crippen LogP contribution < -0.4 is 0 Å². The standard InChI is InChI=1S/C11H19O3.CH4.Y/c1-4-5-6-7-11(12)14-9-8-10(2)13-3;;/h5-6,8,10H,4,7,9H2,1-3H3;1H4;/q-1;;. The molecule has 0 aliphatic carbocycles. The number of rotatable bonds is 7. The molecular weight excluding hydrogens is 281 g/mol. The average Bonchev–Trinajstić information content (AvgIpc) is 2.18. The molecule has 0 aliphatic rings. The van der Waals surface area contributed by atoms with Crippen molar-refractivity contribution in [2.24, 2.45) is 0 Å². The Morgan fingerprint density at radius 1 is 1.44 bits per heavy atom. The minimum absolute atomic E-state index is 0. The molecule has 0 heterocycles. The van der Waals surface area contributed by atoms with Gasteiger partial charge >= 0.3 is 5.97 Å². The van der Waals surface area contributed by atoms with Crippen LogP contribution in [0.4, 0.5) is 0 Å². The third kappa shape index (κ3) is 14.3. The molecule has 0 spiro atoms. The molecular formula is C12H23O3Y-. The van der Waals surface area contributed by atoms with Gasteiger partial charge in [-0.05, 0) is 13.0 Å². The quantitative estimate of drug-likeness (QED) is 0.412. The van der Waals surface area contributed by atoms with Crippen molar-refractivity contribution < 1.29 is 47.0 Å². The van der Waals surface area contributed by atoms with Gasteiger partial charge in [0.1, 0.15) is 0 Å². The summed E-state index contributed by atoms with van der Waals surface area (Å²) in [5.41, 5.74) is 0. The summed E-state index contributed by atoms with van der Waals surface area (Å²) in [6, 6.07) is 0. The SMILES string of the molecule is C.CCC=CCC(=O)OC[CH-]C(C)OC.[Y]. The molecule has 3 nitrogen and oxygen atoms in total. The van der Waals surface area contributed by atoms with Crippen LogP contribution in [-0.4, -0.2) is 25.8 Å². The molecule has 0 saturated carbocycles. The maximum Gasteiger partial charge on any atom is 0.307 e. The topological polar surface area (TPSA) is 35.5 Å². The molecule has 0 amide bonds. The number of hydrogen-bond donors (Lipinski definition) is 0. The van der Waals surface area contributed by atoms with E-state index in [9.17, 15) is 4.79 Å². The molecule has 0 aliphatic heterocycles. The number of carbonyl (C=O) groups is 1. The van der Waals surface area contributed by atoms with Crippen molar-refractivity contribution in [3.8, 4) is 0 Å². The van der Waals surface area contributed by atoms with Crippen molar-refractivity contribution in [3.63, 3.8) is 0 Å². The molecule has 0 N–H and O–H groups in total. The van der Waals surface area contributed by atoms with Crippen LogP contribution in [0.25, 0.3) is 0 Å². The van der Waals surface area contributed by atoms with Crippen LogP contribution in [0.5, 0.6) is 0 Å². The van der Waals surface area contributed by atoms with Crippen LogP contribution >= 0.6 is 0 Å². The molecule has 0 rings (SSSR count). The Balaban J connectivity index is -0.000000845. The van der Waals surface area contributed by atoms with Gasteiger partial charge in [-0.25, -0.2) is 0 Å². The smallest absolute Gasteiger partial charge is 0.307 e. The van der Waals surface area contributed by atoms with E-state index in [1.165, 1.54) is 0 Å². The van der Waals surface area contributed by atoms with Gasteiger partial charge in [-0.3, -0.25) is 11.2 Å². The summed E-state index contributed by atoms with van der Waals surface area (Å²) in [5.74, 6) is -0.200. The molecule has 0 aromatic heterocycles. The van der Waals surface area contributed by atoms with E-state index in [4.69, 9.17) is 9.47 Å². The number of esters is 1. The second kappa shape index (κ2) is 15.3. The third-order valence-electron chi connectivity index (χ3n) is 1.73. The molecule has 0 saturated heterocycles. The zero-order valence-electron chi connectivity index (χ0n) is 9.73. The van der Waals surface area contributed by atoms with Crippen LogP contribution in [0.3, 0.4) is 0 Å². The molecule has 1 radical (unpaired) electrons. The second-order valence-corrected chi connectivity index (χ2v) is 2.94. The summed E-state index contributed by atoms with van der Waals surface area (Å²) in [5, 5.41) is 0. The average molecular weight is 304 g/mol. The van der Waals surface area contributed by atoms with Crippen molar-refractivity contribution in [2.75, 3.05) is 13.7 Å². The Kier molecular flexibility index (Phi) is 20.6. The number of methoxy groups -OCH3 is 1. The minimum atomic E-state index is -0.200. The fourth-order valence-corrected chi connectivity index (χ4v) is 0.778. The van der Waals surface area contributed by atoms with E-state index >= 15 is 0 Å².